The van der Waals surface area contributed by atoms with Gasteiger partial charge >= 0.3 is 0 Å². The van der Waals surface area contributed by atoms with Crippen molar-refractivity contribution in [2.45, 2.75) is 19.9 Å². The molecular formula is C17H17ClFNO. The van der Waals surface area contributed by atoms with Crippen molar-refractivity contribution in [2.75, 3.05) is 7.11 Å². The average molecular weight is 306 g/mol. The van der Waals surface area contributed by atoms with Crippen molar-refractivity contribution in [3.63, 3.8) is 0 Å². The molecule has 0 aliphatic heterocycles. The molecule has 0 atom stereocenters. The summed E-state index contributed by atoms with van der Waals surface area (Å²) in [6.45, 7) is 3.88. The van der Waals surface area contributed by atoms with Gasteiger partial charge in [-0.1, -0.05) is 23.7 Å². The highest BCUT2D eigenvalue weighted by Gasteiger charge is 2.17. The van der Waals surface area contributed by atoms with E-state index in [0.717, 1.165) is 0 Å². The van der Waals surface area contributed by atoms with Gasteiger partial charge in [0, 0.05) is 22.2 Å². The Morgan fingerprint density at radius 2 is 1.86 bits per heavy atom. The molecule has 2 aromatic rings. The molecule has 0 unspecified atom stereocenters. The van der Waals surface area contributed by atoms with Gasteiger partial charge in [-0.25, -0.2) is 4.39 Å². The fraction of sp³-hybridized carbons (Fsp3) is 0.235. The average Bonchev–Trinajstić information content (AvgIpc) is 2.45. The second-order valence-electron chi connectivity index (χ2n) is 4.90. The van der Waals surface area contributed by atoms with Gasteiger partial charge in [0.15, 0.2) is 0 Å². The lowest BCUT2D eigenvalue weighted by Gasteiger charge is -2.14. The molecule has 0 heterocycles. The molecule has 110 valence electrons. The second kappa shape index (κ2) is 6.72. The Labute approximate surface area is 129 Å². The van der Waals surface area contributed by atoms with Crippen LogP contribution in [-0.2, 0) is 0 Å². The Balaban J connectivity index is 2.68. The maximum Gasteiger partial charge on any atom is 0.132 e. The van der Waals surface area contributed by atoms with Crippen LogP contribution >= 0.6 is 11.6 Å². The monoisotopic (exact) mass is 305 g/mol. The van der Waals surface area contributed by atoms with Crippen molar-refractivity contribution >= 4 is 17.3 Å². The summed E-state index contributed by atoms with van der Waals surface area (Å²) in [4.78, 5) is 4.57. The Morgan fingerprint density at radius 1 is 1.14 bits per heavy atom. The molecule has 0 amide bonds. The van der Waals surface area contributed by atoms with E-state index in [-0.39, 0.29) is 11.9 Å². The SMILES string of the molecule is COc1ccc(Cl)cc1C(=NC(C)C)c1ccccc1F. The highest BCUT2D eigenvalue weighted by Crippen LogP contribution is 2.27. The predicted molar refractivity (Wildman–Crippen MR) is 85.2 cm³/mol. The van der Waals surface area contributed by atoms with Gasteiger partial charge in [0.05, 0.1) is 12.8 Å². The van der Waals surface area contributed by atoms with Crippen LogP contribution in [0.4, 0.5) is 4.39 Å². The molecular weight excluding hydrogens is 289 g/mol. The van der Waals surface area contributed by atoms with Crippen LogP contribution in [0.1, 0.15) is 25.0 Å². The molecule has 2 nitrogen and oxygen atoms in total. The topological polar surface area (TPSA) is 21.6 Å². The van der Waals surface area contributed by atoms with Crippen molar-refractivity contribution in [3.05, 3.63) is 64.4 Å². The van der Waals surface area contributed by atoms with Crippen LogP contribution in [-0.4, -0.2) is 18.9 Å². The zero-order valence-electron chi connectivity index (χ0n) is 12.2. The van der Waals surface area contributed by atoms with Crippen LogP contribution in [0, 0.1) is 5.82 Å². The van der Waals surface area contributed by atoms with E-state index in [2.05, 4.69) is 4.99 Å². The van der Waals surface area contributed by atoms with Crippen LogP contribution in [0.2, 0.25) is 5.02 Å². The first kappa shape index (κ1) is 15.5. The molecule has 0 spiro atoms. The number of nitrogens with zero attached hydrogens (tertiary/aromatic N) is 1. The van der Waals surface area contributed by atoms with Crippen LogP contribution < -0.4 is 4.74 Å². The zero-order valence-corrected chi connectivity index (χ0v) is 13.0. The summed E-state index contributed by atoms with van der Waals surface area (Å²) in [5.74, 6) is 0.293. The molecule has 2 aromatic carbocycles. The first-order valence-corrected chi connectivity index (χ1v) is 7.07. The molecule has 0 aliphatic rings. The van der Waals surface area contributed by atoms with E-state index in [1.165, 1.54) is 6.07 Å². The number of halogens is 2. The summed E-state index contributed by atoms with van der Waals surface area (Å²) >= 11 is 6.08. The molecule has 0 radical (unpaired) electrons. The van der Waals surface area contributed by atoms with Gasteiger partial charge in [0.2, 0.25) is 0 Å². The standard InChI is InChI=1S/C17H17ClFNO/c1-11(2)20-17(13-6-4-5-7-15(13)19)14-10-12(18)8-9-16(14)21-3/h4-11H,1-3H3. The third-order valence-corrected chi connectivity index (χ3v) is 3.17. The predicted octanol–water partition coefficient (Wildman–Crippen LogP) is 4.73. The number of rotatable bonds is 4. The third-order valence-electron chi connectivity index (χ3n) is 2.93. The summed E-state index contributed by atoms with van der Waals surface area (Å²) in [6, 6.07) is 11.8. The molecule has 0 bridgehead atoms. The van der Waals surface area contributed by atoms with E-state index in [4.69, 9.17) is 16.3 Å². The largest absolute Gasteiger partial charge is 0.496 e. The fourth-order valence-electron chi connectivity index (χ4n) is 2.06. The van der Waals surface area contributed by atoms with Crippen molar-refractivity contribution in [2.24, 2.45) is 4.99 Å². The number of aliphatic imine (C=N–C) groups is 1. The minimum Gasteiger partial charge on any atom is -0.496 e. The fourth-order valence-corrected chi connectivity index (χ4v) is 2.23. The van der Waals surface area contributed by atoms with Gasteiger partial charge in [-0.3, -0.25) is 4.99 Å². The first-order valence-electron chi connectivity index (χ1n) is 6.69. The van der Waals surface area contributed by atoms with Crippen molar-refractivity contribution in [3.8, 4) is 5.75 Å². The van der Waals surface area contributed by atoms with Gasteiger partial charge in [-0.2, -0.15) is 0 Å². The van der Waals surface area contributed by atoms with E-state index in [1.807, 2.05) is 13.8 Å². The summed E-state index contributed by atoms with van der Waals surface area (Å²) in [6.07, 6.45) is 0. The highest BCUT2D eigenvalue weighted by molar-refractivity contribution is 6.31. The first-order chi connectivity index (χ1) is 10.0. The number of hydrogen-bond acceptors (Lipinski definition) is 2. The molecule has 0 fully saturated rings. The summed E-state index contributed by atoms with van der Waals surface area (Å²) < 4.78 is 19.5. The molecule has 2 rings (SSSR count). The molecule has 21 heavy (non-hydrogen) atoms. The molecule has 0 aliphatic carbocycles. The van der Waals surface area contributed by atoms with Crippen molar-refractivity contribution in [1.29, 1.82) is 0 Å². The van der Waals surface area contributed by atoms with Gasteiger partial charge in [0.25, 0.3) is 0 Å². The minimum atomic E-state index is -0.320. The number of hydrogen-bond donors (Lipinski definition) is 0. The van der Waals surface area contributed by atoms with E-state index in [0.29, 0.717) is 27.6 Å². The van der Waals surface area contributed by atoms with Crippen LogP contribution in [0.3, 0.4) is 0 Å². The maximum atomic E-state index is 14.2. The normalized spacial score (nSPS) is 11.8. The molecule has 0 aromatic heterocycles. The number of methoxy groups -OCH3 is 1. The van der Waals surface area contributed by atoms with Crippen molar-refractivity contribution < 1.29 is 9.13 Å². The third kappa shape index (κ3) is 3.61. The summed E-state index contributed by atoms with van der Waals surface area (Å²) in [5.41, 5.74) is 1.66. The Kier molecular flexibility index (Phi) is 4.97. The minimum absolute atomic E-state index is 0.0169. The summed E-state index contributed by atoms with van der Waals surface area (Å²) in [5, 5.41) is 0.554. The Bertz CT molecular complexity index is 668. The molecule has 0 saturated heterocycles. The van der Waals surface area contributed by atoms with E-state index in [1.54, 1.807) is 43.5 Å². The van der Waals surface area contributed by atoms with Crippen LogP contribution in [0.25, 0.3) is 0 Å². The lowest BCUT2D eigenvalue weighted by atomic mass is 10.0. The second-order valence-corrected chi connectivity index (χ2v) is 5.33. The maximum absolute atomic E-state index is 14.2. The highest BCUT2D eigenvalue weighted by atomic mass is 35.5. The molecule has 0 N–H and O–H groups in total. The Hall–Kier alpha value is -1.87. The molecule has 4 heteroatoms. The van der Waals surface area contributed by atoms with E-state index in [9.17, 15) is 4.39 Å². The Morgan fingerprint density at radius 3 is 2.48 bits per heavy atom. The van der Waals surface area contributed by atoms with E-state index < -0.39 is 0 Å². The molecule has 0 saturated carbocycles. The zero-order chi connectivity index (χ0) is 15.4. The van der Waals surface area contributed by atoms with Gasteiger partial charge in [-0.05, 0) is 44.2 Å². The van der Waals surface area contributed by atoms with Crippen molar-refractivity contribution in [1.82, 2.24) is 0 Å². The van der Waals surface area contributed by atoms with Crippen LogP contribution in [0.5, 0.6) is 5.75 Å². The van der Waals surface area contributed by atoms with Crippen LogP contribution in [0.15, 0.2) is 47.5 Å². The lowest BCUT2D eigenvalue weighted by Crippen LogP contribution is -2.11. The van der Waals surface area contributed by atoms with Gasteiger partial charge in [0.1, 0.15) is 11.6 Å². The number of benzene rings is 2. The lowest BCUT2D eigenvalue weighted by molar-refractivity contribution is 0.414. The smallest absolute Gasteiger partial charge is 0.132 e. The van der Waals surface area contributed by atoms with Gasteiger partial charge < -0.3 is 4.74 Å². The number of ether oxygens (including phenoxy) is 1. The quantitative estimate of drug-likeness (QED) is 0.748. The summed E-state index contributed by atoms with van der Waals surface area (Å²) in [7, 11) is 1.57. The van der Waals surface area contributed by atoms with Gasteiger partial charge in [-0.15, -0.1) is 0 Å². The van der Waals surface area contributed by atoms with E-state index >= 15 is 0 Å².